The molecule has 5 rings (SSSR count). The maximum Gasteiger partial charge on any atom is 0.250 e. The van der Waals surface area contributed by atoms with Crippen LogP contribution in [0.2, 0.25) is 0 Å². The van der Waals surface area contributed by atoms with Crippen LogP contribution < -0.4 is 10.6 Å². The number of ether oxygens (including phenoxy) is 1. The number of benzene rings is 2. The topological polar surface area (TPSA) is 108 Å². The number of anilines is 1. The Bertz CT molecular complexity index is 1310. The minimum Gasteiger partial charge on any atom is -0.394 e. The molecule has 0 radical (unpaired) electrons. The molecule has 3 fully saturated rings. The number of carbonyl (C=O) groups excluding carboxylic acids is 3. The Morgan fingerprint density at radius 1 is 1.10 bits per heavy atom. The van der Waals surface area contributed by atoms with E-state index in [0.717, 1.165) is 16.7 Å². The molecule has 41 heavy (non-hydrogen) atoms. The summed E-state index contributed by atoms with van der Waals surface area (Å²) in [5.41, 5.74) is 1.60. The molecule has 3 saturated heterocycles. The van der Waals surface area contributed by atoms with Crippen molar-refractivity contribution in [1.82, 2.24) is 10.2 Å². The highest BCUT2D eigenvalue weighted by atomic mass is 16.5. The van der Waals surface area contributed by atoms with Crippen LogP contribution in [0.25, 0.3) is 0 Å². The Morgan fingerprint density at radius 2 is 1.83 bits per heavy atom. The van der Waals surface area contributed by atoms with Crippen molar-refractivity contribution >= 4 is 23.4 Å². The number of nitrogens with one attached hydrogen (secondary N) is 2. The van der Waals surface area contributed by atoms with Gasteiger partial charge in [0, 0.05) is 12.2 Å². The van der Waals surface area contributed by atoms with E-state index < -0.39 is 35.1 Å². The van der Waals surface area contributed by atoms with Crippen LogP contribution in [-0.4, -0.2) is 57.6 Å². The fourth-order valence-corrected chi connectivity index (χ4v) is 7.53. The van der Waals surface area contributed by atoms with Gasteiger partial charge in [-0.1, -0.05) is 63.2 Å². The van der Waals surface area contributed by atoms with Crippen molar-refractivity contribution in [3.63, 3.8) is 0 Å². The van der Waals surface area contributed by atoms with E-state index in [0.29, 0.717) is 37.9 Å². The number of carbonyl (C=O) groups is 3. The van der Waals surface area contributed by atoms with Crippen LogP contribution >= 0.6 is 0 Å². The lowest BCUT2D eigenvalue weighted by atomic mass is 9.65. The van der Waals surface area contributed by atoms with Crippen LogP contribution in [-0.2, 0) is 25.7 Å². The van der Waals surface area contributed by atoms with E-state index in [2.05, 4.69) is 10.6 Å². The van der Waals surface area contributed by atoms with E-state index in [9.17, 15) is 19.5 Å². The Morgan fingerprint density at radius 3 is 2.49 bits per heavy atom. The van der Waals surface area contributed by atoms with Gasteiger partial charge in [-0.2, -0.15) is 0 Å². The molecule has 0 aromatic heterocycles. The zero-order valence-electron chi connectivity index (χ0n) is 24.8. The Labute approximate surface area is 242 Å². The van der Waals surface area contributed by atoms with E-state index in [1.807, 2.05) is 83.1 Å². The molecular formula is C33H43N3O5. The molecular weight excluding hydrogens is 518 g/mol. The second-order valence-electron chi connectivity index (χ2n) is 12.6. The smallest absolute Gasteiger partial charge is 0.250 e. The number of aryl methyl sites for hydroxylation is 2. The molecule has 3 aliphatic rings. The van der Waals surface area contributed by atoms with E-state index in [1.54, 1.807) is 4.90 Å². The average molecular weight is 562 g/mol. The second-order valence-corrected chi connectivity index (χ2v) is 12.6. The van der Waals surface area contributed by atoms with Gasteiger partial charge in [0.2, 0.25) is 17.7 Å². The van der Waals surface area contributed by atoms with Crippen LogP contribution in [0.1, 0.15) is 63.1 Å². The first-order valence-corrected chi connectivity index (χ1v) is 14.9. The molecule has 2 bridgehead atoms. The largest absolute Gasteiger partial charge is 0.394 e. The summed E-state index contributed by atoms with van der Waals surface area (Å²) in [7, 11) is 0. The van der Waals surface area contributed by atoms with Crippen molar-refractivity contribution in [2.24, 2.45) is 17.8 Å². The molecule has 0 aliphatic carbocycles. The highest BCUT2D eigenvalue weighted by Crippen LogP contribution is 2.64. The lowest BCUT2D eigenvalue weighted by molar-refractivity contribution is -0.149. The zero-order valence-corrected chi connectivity index (χ0v) is 24.8. The first kappa shape index (κ1) is 29.3. The predicted molar refractivity (Wildman–Crippen MR) is 157 cm³/mol. The maximum atomic E-state index is 14.5. The van der Waals surface area contributed by atoms with Crippen molar-refractivity contribution in [2.45, 2.75) is 90.1 Å². The van der Waals surface area contributed by atoms with Crippen molar-refractivity contribution in [3.8, 4) is 0 Å². The van der Waals surface area contributed by atoms with Crippen LogP contribution in [0, 0.1) is 31.6 Å². The summed E-state index contributed by atoms with van der Waals surface area (Å²) in [4.78, 5) is 44.2. The SMILES string of the molecule is CC[C@@]12CCC3(O1)C(C(=O)Nc1cc(C)ccc1C)N([C@@H](CO)CC(C)C)C(=O)[C@@H]3[C@@H]2C(=O)NCc1ccccc1. The molecule has 8 nitrogen and oxygen atoms in total. The van der Waals surface area contributed by atoms with E-state index in [4.69, 9.17) is 4.74 Å². The van der Waals surface area contributed by atoms with Crippen molar-refractivity contribution < 1.29 is 24.2 Å². The molecule has 3 heterocycles. The summed E-state index contributed by atoms with van der Waals surface area (Å²) in [6.45, 7) is 10.0. The third-order valence-electron chi connectivity index (χ3n) is 9.46. The van der Waals surface area contributed by atoms with E-state index >= 15 is 0 Å². The van der Waals surface area contributed by atoms with Crippen molar-refractivity contribution in [1.29, 1.82) is 0 Å². The standard InChI is InChI=1S/C33H43N3O5/c1-6-32-14-15-33(41-32)27(26(32)29(38)34-18-23-10-8-7-9-11-23)31(40)36(24(19-37)16-20(2)3)28(33)30(39)35-25-17-21(4)12-13-22(25)5/h7-13,17,20,24,26-28,37H,6,14-16,18-19H2,1-5H3,(H,34,38)(H,35,39)/t24-,26-,27+,28?,32+,33?/m1/s1. The second kappa shape index (κ2) is 11.2. The number of amides is 3. The normalized spacial score (nSPS) is 29.1. The van der Waals surface area contributed by atoms with E-state index in [-0.39, 0.29) is 30.2 Å². The van der Waals surface area contributed by atoms with Gasteiger partial charge in [0.25, 0.3) is 0 Å². The summed E-state index contributed by atoms with van der Waals surface area (Å²) in [6, 6.07) is 14.0. The van der Waals surface area contributed by atoms with Gasteiger partial charge in [-0.25, -0.2) is 0 Å². The maximum absolute atomic E-state index is 14.5. The zero-order chi connectivity index (χ0) is 29.5. The molecule has 8 heteroatoms. The monoisotopic (exact) mass is 561 g/mol. The van der Waals surface area contributed by atoms with Gasteiger partial charge >= 0.3 is 0 Å². The van der Waals surface area contributed by atoms with Crippen LogP contribution in [0.15, 0.2) is 48.5 Å². The van der Waals surface area contributed by atoms with Crippen molar-refractivity contribution in [3.05, 3.63) is 65.2 Å². The van der Waals surface area contributed by atoms with Crippen LogP contribution in [0.3, 0.4) is 0 Å². The number of rotatable bonds is 10. The number of aliphatic hydroxyl groups is 1. The Balaban J connectivity index is 1.54. The minimum absolute atomic E-state index is 0.185. The van der Waals surface area contributed by atoms with Gasteiger partial charge in [0.1, 0.15) is 11.6 Å². The van der Waals surface area contributed by atoms with Gasteiger partial charge in [-0.15, -0.1) is 0 Å². The van der Waals surface area contributed by atoms with Gasteiger partial charge in [0.05, 0.1) is 30.1 Å². The van der Waals surface area contributed by atoms with Crippen LogP contribution in [0.5, 0.6) is 0 Å². The first-order chi connectivity index (χ1) is 19.6. The quantitative estimate of drug-likeness (QED) is 0.405. The lowest BCUT2D eigenvalue weighted by Crippen LogP contribution is -2.56. The number of aliphatic hydroxyl groups excluding tert-OH is 1. The number of nitrogens with zero attached hydrogens (tertiary/aromatic N) is 1. The predicted octanol–water partition coefficient (Wildman–Crippen LogP) is 4.12. The first-order valence-electron chi connectivity index (χ1n) is 14.9. The highest BCUT2D eigenvalue weighted by Gasteiger charge is 2.79. The summed E-state index contributed by atoms with van der Waals surface area (Å²) in [6.07, 6.45) is 2.18. The van der Waals surface area contributed by atoms with Gasteiger partial charge in [-0.3, -0.25) is 14.4 Å². The van der Waals surface area contributed by atoms with E-state index in [1.165, 1.54) is 0 Å². The molecule has 1 spiro atoms. The Hall–Kier alpha value is -3.23. The third-order valence-corrected chi connectivity index (χ3v) is 9.46. The fraction of sp³-hybridized carbons (Fsp3) is 0.545. The number of hydrogen-bond acceptors (Lipinski definition) is 5. The molecule has 220 valence electrons. The molecule has 3 aliphatic heterocycles. The van der Waals surface area contributed by atoms with Gasteiger partial charge in [0.15, 0.2) is 0 Å². The summed E-state index contributed by atoms with van der Waals surface area (Å²) >= 11 is 0. The lowest BCUT2D eigenvalue weighted by Gasteiger charge is -2.38. The highest BCUT2D eigenvalue weighted by molar-refractivity contribution is 6.04. The third kappa shape index (κ3) is 4.95. The summed E-state index contributed by atoms with van der Waals surface area (Å²) in [5.74, 6) is -2.19. The molecule has 2 unspecified atom stereocenters. The number of fused-ring (bicyclic) bond motifs is 1. The van der Waals surface area contributed by atoms with Gasteiger partial charge in [-0.05, 0) is 68.2 Å². The van der Waals surface area contributed by atoms with Crippen molar-refractivity contribution in [2.75, 3.05) is 11.9 Å². The molecule has 3 amide bonds. The molecule has 6 atom stereocenters. The average Bonchev–Trinajstić information content (AvgIpc) is 3.56. The summed E-state index contributed by atoms with van der Waals surface area (Å²) < 4.78 is 6.87. The summed E-state index contributed by atoms with van der Waals surface area (Å²) in [5, 5.41) is 16.6. The molecule has 0 saturated carbocycles. The number of hydrogen-bond donors (Lipinski definition) is 3. The molecule has 2 aromatic carbocycles. The number of likely N-dealkylation sites (tertiary alicyclic amines) is 1. The molecule has 3 N–H and O–H groups in total. The molecule has 2 aromatic rings. The minimum atomic E-state index is -1.14. The van der Waals surface area contributed by atoms with Crippen LogP contribution in [0.4, 0.5) is 5.69 Å². The Kier molecular flexibility index (Phi) is 8.01. The van der Waals surface area contributed by atoms with Gasteiger partial charge < -0.3 is 25.4 Å². The fourth-order valence-electron chi connectivity index (χ4n) is 7.53.